The number of carbonyl (C=O) groups excluding carboxylic acids is 1. The smallest absolute Gasteiger partial charge is 0.417 e. The molecule has 2 unspecified atom stereocenters. The third kappa shape index (κ3) is 7.45. The molecule has 3 aromatic rings. The van der Waals surface area contributed by atoms with Gasteiger partial charge in [0.25, 0.3) is 5.91 Å². The summed E-state index contributed by atoms with van der Waals surface area (Å²) in [4.78, 5) is 21.0. The fourth-order valence-electron chi connectivity index (χ4n) is 3.53. The molecule has 2 aromatic heterocycles. The Labute approximate surface area is 230 Å². The predicted octanol–water partition coefficient (Wildman–Crippen LogP) is 7.10. The van der Waals surface area contributed by atoms with Gasteiger partial charge in [-0.15, -0.1) is 0 Å². The Morgan fingerprint density at radius 3 is 2.42 bits per heavy atom. The Morgan fingerprint density at radius 2 is 1.83 bits per heavy atom. The van der Waals surface area contributed by atoms with Crippen molar-refractivity contribution in [2.75, 3.05) is 0 Å². The largest absolute Gasteiger partial charge is 0.462 e. The number of aromatic nitrogens is 2. The molecule has 2 atom stereocenters. The standard InChI is InChI=1S/C25H23Cl2F3IN3O2/c1-14(34-23(35)24(2,3)36-22-7-5-17(12-33-22)25(28,29)30)19(16-10-18(26)13-32-11-16)8-15-4-6-20(27)21(31)9-15/h4-7,9-14,19H,8H2,1-3H3,(H,34,35). The zero-order valence-corrected chi connectivity index (χ0v) is 23.2. The molecule has 0 bridgehead atoms. The van der Waals surface area contributed by atoms with E-state index in [0.717, 1.165) is 26.8 Å². The van der Waals surface area contributed by atoms with Gasteiger partial charge in [0, 0.05) is 40.2 Å². The summed E-state index contributed by atoms with van der Waals surface area (Å²) in [6.45, 7) is 4.90. The monoisotopic (exact) mass is 651 g/mol. The van der Waals surface area contributed by atoms with Crippen molar-refractivity contribution in [1.82, 2.24) is 15.3 Å². The van der Waals surface area contributed by atoms with Crippen LogP contribution in [0.4, 0.5) is 13.2 Å². The van der Waals surface area contributed by atoms with E-state index in [1.54, 1.807) is 12.3 Å². The van der Waals surface area contributed by atoms with Crippen LogP contribution in [0.15, 0.2) is 55.0 Å². The van der Waals surface area contributed by atoms with E-state index in [2.05, 4.69) is 37.9 Å². The molecule has 1 aromatic carbocycles. The SMILES string of the molecule is CC(NC(=O)C(C)(C)Oc1ccc(C(F)(F)F)cn1)C(Cc1ccc(Cl)c(I)c1)c1cncc(Cl)c1. The average Bonchev–Trinajstić information content (AvgIpc) is 2.79. The van der Waals surface area contributed by atoms with Gasteiger partial charge >= 0.3 is 6.18 Å². The van der Waals surface area contributed by atoms with Gasteiger partial charge in [0.05, 0.1) is 15.6 Å². The van der Waals surface area contributed by atoms with E-state index in [1.807, 2.05) is 25.1 Å². The number of ether oxygens (including phenoxy) is 1. The molecule has 1 N–H and O–H groups in total. The predicted molar refractivity (Wildman–Crippen MR) is 141 cm³/mol. The van der Waals surface area contributed by atoms with E-state index in [1.165, 1.54) is 20.0 Å². The molecule has 192 valence electrons. The van der Waals surface area contributed by atoms with Crippen LogP contribution >= 0.6 is 45.8 Å². The number of hydrogen-bond donors (Lipinski definition) is 1. The van der Waals surface area contributed by atoms with Crippen LogP contribution in [0.3, 0.4) is 0 Å². The molecule has 36 heavy (non-hydrogen) atoms. The van der Waals surface area contributed by atoms with Gasteiger partial charge in [-0.2, -0.15) is 13.2 Å². The van der Waals surface area contributed by atoms with Gasteiger partial charge in [-0.1, -0.05) is 29.3 Å². The highest BCUT2D eigenvalue weighted by atomic mass is 127. The van der Waals surface area contributed by atoms with Crippen molar-refractivity contribution in [2.45, 2.75) is 50.9 Å². The van der Waals surface area contributed by atoms with Gasteiger partial charge < -0.3 is 10.1 Å². The van der Waals surface area contributed by atoms with Gasteiger partial charge in [-0.25, -0.2) is 4.98 Å². The van der Waals surface area contributed by atoms with Crippen LogP contribution < -0.4 is 10.1 Å². The lowest BCUT2D eigenvalue weighted by atomic mass is 9.87. The van der Waals surface area contributed by atoms with Crippen molar-refractivity contribution in [3.05, 3.63) is 85.3 Å². The minimum absolute atomic E-state index is 0.0952. The molecule has 0 aliphatic heterocycles. The maximum atomic E-state index is 13.2. The summed E-state index contributed by atoms with van der Waals surface area (Å²) in [6, 6.07) is 9.09. The molecule has 0 aliphatic rings. The maximum absolute atomic E-state index is 13.2. The molecule has 0 saturated carbocycles. The molecule has 0 fully saturated rings. The second kappa shape index (κ2) is 11.5. The first kappa shape index (κ1) is 28.5. The summed E-state index contributed by atoms with van der Waals surface area (Å²) in [7, 11) is 0. The van der Waals surface area contributed by atoms with Crippen molar-refractivity contribution < 1.29 is 22.7 Å². The van der Waals surface area contributed by atoms with E-state index in [4.69, 9.17) is 27.9 Å². The van der Waals surface area contributed by atoms with Crippen LogP contribution in [0.2, 0.25) is 10.0 Å². The summed E-state index contributed by atoms with van der Waals surface area (Å²) < 4.78 is 45.0. The van der Waals surface area contributed by atoms with Crippen LogP contribution in [0, 0.1) is 3.57 Å². The normalized spacial score (nSPS) is 13.7. The van der Waals surface area contributed by atoms with E-state index < -0.39 is 23.2 Å². The molecular formula is C25H23Cl2F3IN3O2. The lowest BCUT2D eigenvalue weighted by molar-refractivity contribution is -0.138. The molecule has 0 saturated heterocycles. The molecule has 0 aliphatic carbocycles. The number of amides is 1. The number of rotatable bonds is 8. The fourth-order valence-corrected chi connectivity index (χ4v) is 4.41. The number of benzene rings is 1. The third-order valence-corrected chi connectivity index (χ3v) is 7.27. The van der Waals surface area contributed by atoms with Crippen LogP contribution in [-0.4, -0.2) is 27.5 Å². The molecule has 3 rings (SSSR count). The zero-order chi connectivity index (χ0) is 26.7. The molecule has 2 heterocycles. The Hall–Kier alpha value is -2.11. The summed E-state index contributed by atoms with van der Waals surface area (Å²) in [5.74, 6) is -0.748. The van der Waals surface area contributed by atoms with Gasteiger partial charge in [-0.05, 0) is 85.2 Å². The fraction of sp³-hybridized carbons (Fsp3) is 0.320. The van der Waals surface area contributed by atoms with Crippen LogP contribution in [0.5, 0.6) is 5.88 Å². The van der Waals surface area contributed by atoms with Crippen LogP contribution in [0.25, 0.3) is 0 Å². The number of carbonyl (C=O) groups is 1. The van der Waals surface area contributed by atoms with Crippen molar-refractivity contribution in [3.63, 3.8) is 0 Å². The number of halogens is 6. The van der Waals surface area contributed by atoms with Crippen molar-refractivity contribution in [3.8, 4) is 5.88 Å². The third-order valence-electron chi connectivity index (χ3n) is 5.53. The molecule has 0 spiro atoms. The minimum atomic E-state index is -4.51. The van der Waals surface area contributed by atoms with Gasteiger partial charge in [0.1, 0.15) is 0 Å². The summed E-state index contributed by atoms with van der Waals surface area (Å²) in [6.07, 6.45) is -0.0430. The Balaban J connectivity index is 1.78. The number of nitrogens with zero attached hydrogens (tertiary/aromatic N) is 2. The second-order valence-electron chi connectivity index (χ2n) is 8.75. The highest BCUT2D eigenvalue weighted by Crippen LogP contribution is 2.31. The van der Waals surface area contributed by atoms with Gasteiger partial charge in [-0.3, -0.25) is 9.78 Å². The summed E-state index contributed by atoms with van der Waals surface area (Å²) in [5.41, 5.74) is -0.461. The highest BCUT2D eigenvalue weighted by Gasteiger charge is 2.34. The average molecular weight is 652 g/mol. The van der Waals surface area contributed by atoms with E-state index >= 15 is 0 Å². The van der Waals surface area contributed by atoms with Crippen LogP contribution in [-0.2, 0) is 17.4 Å². The number of pyridine rings is 2. The van der Waals surface area contributed by atoms with Crippen molar-refractivity contribution in [2.24, 2.45) is 0 Å². The molecular weight excluding hydrogens is 629 g/mol. The summed E-state index contributed by atoms with van der Waals surface area (Å²) >= 11 is 14.5. The number of hydrogen-bond acceptors (Lipinski definition) is 4. The van der Waals surface area contributed by atoms with E-state index in [-0.39, 0.29) is 17.8 Å². The molecule has 11 heteroatoms. The van der Waals surface area contributed by atoms with E-state index in [9.17, 15) is 18.0 Å². The quantitative estimate of drug-likeness (QED) is 0.264. The Kier molecular flexibility index (Phi) is 9.11. The van der Waals surface area contributed by atoms with Gasteiger partial charge in [0.15, 0.2) is 5.60 Å². The second-order valence-corrected chi connectivity index (χ2v) is 10.8. The summed E-state index contributed by atoms with van der Waals surface area (Å²) in [5, 5.41) is 4.09. The topological polar surface area (TPSA) is 64.1 Å². The Morgan fingerprint density at radius 1 is 1.11 bits per heavy atom. The lowest BCUT2D eigenvalue weighted by Gasteiger charge is -2.30. The molecule has 0 radical (unpaired) electrons. The first-order chi connectivity index (χ1) is 16.8. The lowest BCUT2D eigenvalue weighted by Crippen LogP contribution is -2.51. The number of alkyl halides is 3. The minimum Gasteiger partial charge on any atom is -0.462 e. The molecule has 1 amide bonds. The first-order valence-corrected chi connectivity index (χ1v) is 12.7. The van der Waals surface area contributed by atoms with Crippen molar-refractivity contribution >= 4 is 51.7 Å². The zero-order valence-electron chi connectivity index (χ0n) is 19.5. The van der Waals surface area contributed by atoms with E-state index in [0.29, 0.717) is 22.7 Å². The molecule has 5 nitrogen and oxygen atoms in total. The first-order valence-electron chi connectivity index (χ1n) is 10.8. The number of nitrogens with one attached hydrogen (secondary N) is 1. The van der Waals surface area contributed by atoms with Crippen molar-refractivity contribution in [1.29, 1.82) is 0 Å². The Bertz CT molecular complexity index is 1220. The van der Waals surface area contributed by atoms with Gasteiger partial charge in [0.2, 0.25) is 5.88 Å². The highest BCUT2D eigenvalue weighted by molar-refractivity contribution is 14.1. The van der Waals surface area contributed by atoms with Crippen LogP contribution in [0.1, 0.15) is 43.4 Å². The maximum Gasteiger partial charge on any atom is 0.417 e.